The number of aliphatic carboxylic acids is 1. The minimum atomic E-state index is -1.43. The highest BCUT2D eigenvalue weighted by molar-refractivity contribution is 6.42. The topological polar surface area (TPSA) is 66.4 Å². The van der Waals surface area contributed by atoms with Crippen LogP contribution in [0.25, 0.3) is 0 Å². The number of hydrogen-bond donors (Lipinski definition) is 0. The lowest BCUT2D eigenvalue weighted by atomic mass is 10.4. The van der Waals surface area contributed by atoms with Gasteiger partial charge in [-0.2, -0.15) is 0 Å². The molecule has 11 heavy (non-hydrogen) atoms. The molecule has 1 rings (SSSR count). The van der Waals surface area contributed by atoms with Gasteiger partial charge in [-0.1, -0.05) is 11.6 Å². The van der Waals surface area contributed by atoms with Crippen LogP contribution < -0.4 is 5.11 Å². The third-order valence-corrected chi connectivity index (χ3v) is 1.20. The molecule has 0 aromatic heterocycles. The Kier molecular flexibility index (Phi) is 1.96. The lowest BCUT2D eigenvalue weighted by Crippen LogP contribution is -2.19. The molecule has 0 aromatic rings. The van der Waals surface area contributed by atoms with Crippen LogP contribution in [-0.4, -0.2) is 11.9 Å². The molecule has 0 saturated heterocycles. The molecule has 0 N–H and O–H groups in total. The Balaban J connectivity index is 2.83. The zero-order chi connectivity index (χ0) is 8.43. The van der Waals surface area contributed by atoms with Gasteiger partial charge in [0.15, 0.2) is 0 Å². The standard InChI is InChI=1S/C6H3ClO4/c7-4-1-3(2-5(8)9)11-6(4)10/h1-2H,(H,8,9)/p-1/b3-2+. The van der Waals surface area contributed by atoms with Crippen molar-refractivity contribution < 1.29 is 19.4 Å². The first-order valence-electron chi connectivity index (χ1n) is 2.61. The van der Waals surface area contributed by atoms with Crippen molar-refractivity contribution in [3.05, 3.63) is 22.9 Å². The maximum absolute atomic E-state index is 10.5. The minimum absolute atomic E-state index is 0.111. The van der Waals surface area contributed by atoms with Crippen molar-refractivity contribution >= 4 is 23.5 Å². The summed E-state index contributed by atoms with van der Waals surface area (Å²) in [5.74, 6) is -2.30. The molecule has 0 saturated carbocycles. The van der Waals surface area contributed by atoms with E-state index in [0.717, 1.165) is 6.08 Å². The van der Waals surface area contributed by atoms with E-state index >= 15 is 0 Å². The highest BCUT2D eigenvalue weighted by Gasteiger charge is 2.18. The molecule has 5 heteroatoms. The largest absolute Gasteiger partial charge is 0.545 e. The Bertz CT molecular complexity index is 276. The van der Waals surface area contributed by atoms with Crippen LogP contribution in [-0.2, 0) is 14.3 Å². The molecule has 0 unspecified atom stereocenters. The maximum Gasteiger partial charge on any atom is 0.355 e. The number of ether oxygens (including phenoxy) is 1. The van der Waals surface area contributed by atoms with Gasteiger partial charge >= 0.3 is 5.97 Å². The van der Waals surface area contributed by atoms with Crippen LogP contribution in [0.4, 0.5) is 0 Å². The number of carboxylic acids is 1. The zero-order valence-corrected chi connectivity index (χ0v) is 5.92. The number of cyclic esters (lactones) is 1. The van der Waals surface area contributed by atoms with E-state index in [0.29, 0.717) is 6.08 Å². The summed E-state index contributed by atoms with van der Waals surface area (Å²) in [5.41, 5.74) is 0. The third kappa shape index (κ3) is 1.81. The summed E-state index contributed by atoms with van der Waals surface area (Å²) in [6.07, 6.45) is 1.76. The monoisotopic (exact) mass is 173 g/mol. The van der Waals surface area contributed by atoms with Gasteiger partial charge in [0.25, 0.3) is 0 Å². The van der Waals surface area contributed by atoms with Gasteiger partial charge in [-0.15, -0.1) is 0 Å². The lowest BCUT2D eigenvalue weighted by Gasteiger charge is -1.94. The second kappa shape index (κ2) is 2.75. The van der Waals surface area contributed by atoms with Crippen LogP contribution >= 0.6 is 11.6 Å². The number of carboxylic acid groups (broad SMARTS) is 1. The van der Waals surface area contributed by atoms with Gasteiger partial charge in [0.2, 0.25) is 0 Å². The number of rotatable bonds is 1. The van der Waals surface area contributed by atoms with Crippen molar-refractivity contribution in [1.29, 1.82) is 0 Å². The fraction of sp³-hybridized carbons (Fsp3) is 0. The van der Waals surface area contributed by atoms with E-state index in [1.54, 1.807) is 0 Å². The SMILES string of the molecule is O=C([O-])/C=C1\C=C(Cl)C(=O)O1. The fourth-order valence-corrected chi connectivity index (χ4v) is 0.702. The number of hydrogen-bond acceptors (Lipinski definition) is 4. The Labute approximate surface area is 66.7 Å². The van der Waals surface area contributed by atoms with Crippen molar-refractivity contribution in [3.63, 3.8) is 0 Å². The highest BCUT2D eigenvalue weighted by atomic mass is 35.5. The molecule has 0 atom stereocenters. The summed E-state index contributed by atoms with van der Waals surface area (Å²) in [4.78, 5) is 20.4. The normalized spacial score (nSPS) is 19.9. The average molecular weight is 174 g/mol. The number of carbonyl (C=O) groups is 2. The summed E-state index contributed by atoms with van der Waals surface area (Å²) in [5, 5.41) is 9.78. The first-order valence-corrected chi connectivity index (χ1v) is 2.99. The molecule has 0 aromatic carbocycles. The maximum atomic E-state index is 10.5. The van der Waals surface area contributed by atoms with E-state index in [1.165, 1.54) is 0 Å². The van der Waals surface area contributed by atoms with E-state index in [-0.39, 0.29) is 10.8 Å². The summed E-state index contributed by atoms with van der Waals surface area (Å²) >= 11 is 5.27. The molecule has 4 nitrogen and oxygen atoms in total. The van der Waals surface area contributed by atoms with Crippen LogP contribution in [0.1, 0.15) is 0 Å². The summed E-state index contributed by atoms with van der Waals surface area (Å²) in [6, 6.07) is 0. The quantitative estimate of drug-likeness (QED) is 0.389. The van der Waals surface area contributed by atoms with Gasteiger partial charge in [0, 0.05) is 12.2 Å². The van der Waals surface area contributed by atoms with Crippen molar-refractivity contribution in [1.82, 2.24) is 0 Å². The van der Waals surface area contributed by atoms with Gasteiger partial charge in [-0.25, -0.2) is 4.79 Å². The molecular formula is C6H2ClO4-. The van der Waals surface area contributed by atoms with Crippen LogP contribution in [0.5, 0.6) is 0 Å². The summed E-state index contributed by atoms with van der Waals surface area (Å²) in [6.45, 7) is 0. The van der Waals surface area contributed by atoms with Gasteiger partial charge in [-0.05, 0) is 0 Å². The minimum Gasteiger partial charge on any atom is -0.545 e. The van der Waals surface area contributed by atoms with Crippen LogP contribution in [0.2, 0.25) is 0 Å². The van der Waals surface area contributed by atoms with E-state index in [4.69, 9.17) is 11.6 Å². The van der Waals surface area contributed by atoms with Crippen molar-refractivity contribution in [2.45, 2.75) is 0 Å². The van der Waals surface area contributed by atoms with Crippen LogP contribution in [0.3, 0.4) is 0 Å². The molecule has 0 fully saturated rings. The Morgan fingerprint density at radius 1 is 1.73 bits per heavy atom. The number of halogens is 1. The molecule has 0 spiro atoms. The Hall–Kier alpha value is -1.29. The van der Waals surface area contributed by atoms with Crippen LogP contribution in [0.15, 0.2) is 22.9 Å². The van der Waals surface area contributed by atoms with Gasteiger partial charge in [-0.3, -0.25) is 0 Å². The van der Waals surface area contributed by atoms with Crippen molar-refractivity contribution in [3.8, 4) is 0 Å². The average Bonchev–Trinajstić information content (AvgIpc) is 2.10. The molecule has 1 aliphatic heterocycles. The van der Waals surface area contributed by atoms with Crippen molar-refractivity contribution in [2.75, 3.05) is 0 Å². The van der Waals surface area contributed by atoms with Crippen LogP contribution in [0, 0.1) is 0 Å². The number of carbonyl (C=O) groups excluding carboxylic acids is 2. The molecule has 0 aliphatic carbocycles. The van der Waals surface area contributed by atoms with Gasteiger partial charge < -0.3 is 14.6 Å². The predicted molar refractivity (Wildman–Crippen MR) is 33.1 cm³/mol. The predicted octanol–water partition coefficient (Wildman–Crippen LogP) is -0.700. The molecule has 0 radical (unpaired) electrons. The molecular weight excluding hydrogens is 172 g/mol. The molecule has 0 amide bonds. The molecule has 0 bridgehead atoms. The Morgan fingerprint density at radius 3 is 2.73 bits per heavy atom. The lowest BCUT2D eigenvalue weighted by molar-refractivity contribution is -0.297. The smallest absolute Gasteiger partial charge is 0.355 e. The van der Waals surface area contributed by atoms with E-state index < -0.39 is 11.9 Å². The number of allylic oxidation sites excluding steroid dienone is 1. The van der Waals surface area contributed by atoms with Crippen molar-refractivity contribution in [2.24, 2.45) is 0 Å². The number of esters is 1. The summed E-state index contributed by atoms with van der Waals surface area (Å²) < 4.78 is 4.36. The summed E-state index contributed by atoms with van der Waals surface area (Å²) in [7, 11) is 0. The fourth-order valence-electron chi connectivity index (χ4n) is 0.556. The zero-order valence-electron chi connectivity index (χ0n) is 5.17. The first kappa shape index (κ1) is 7.81. The Morgan fingerprint density at radius 2 is 2.36 bits per heavy atom. The molecule has 1 heterocycles. The van der Waals surface area contributed by atoms with E-state index in [9.17, 15) is 14.7 Å². The van der Waals surface area contributed by atoms with E-state index in [2.05, 4.69) is 4.74 Å². The van der Waals surface area contributed by atoms with Gasteiger partial charge in [0.1, 0.15) is 10.8 Å². The van der Waals surface area contributed by atoms with Gasteiger partial charge in [0.05, 0.1) is 5.97 Å². The highest BCUT2D eigenvalue weighted by Crippen LogP contribution is 2.18. The third-order valence-electron chi connectivity index (χ3n) is 0.935. The van der Waals surface area contributed by atoms with E-state index in [1.807, 2.05) is 0 Å². The second-order valence-corrected chi connectivity index (χ2v) is 2.15. The molecule has 58 valence electrons. The first-order chi connectivity index (χ1) is 5.09. The second-order valence-electron chi connectivity index (χ2n) is 1.75. The molecule has 1 aliphatic rings.